The van der Waals surface area contributed by atoms with Crippen LogP contribution in [0.3, 0.4) is 0 Å². The number of nitrogens with zero attached hydrogens (tertiary/aromatic N) is 1. The molecule has 116 valence electrons. The number of benzene rings is 1. The summed E-state index contributed by atoms with van der Waals surface area (Å²) < 4.78 is 27.0. The Morgan fingerprint density at radius 2 is 2.14 bits per heavy atom. The summed E-state index contributed by atoms with van der Waals surface area (Å²) in [6, 6.07) is 3.52. The van der Waals surface area contributed by atoms with Gasteiger partial charge in [-0.3, -0.25) is 10.1 Å². The van der Waals surface area contributed by atoms with Gasteiger partial charge in [0.15, 0.2) is 0 Å². The van der Waals surface area contributed by atoms with Crippen molar-refractivity contribution in [3.8, 4) is 0 Å². The number of nitro groups is 1. The van der Waals surface area contributed by atoms with E-state index in [0.29, 0.717) is 18.4 Å². The van der Waals surface area contributed by atoms with E-state index in [-0.39, 0.29) is 10.6 Å². The van der Waals surface area contributed by atoms with Gasteiger partial charge in [-0.15, -0.1) is 0 Å². The van der Waals surface area contributed by atoms with E-state index in [1.165, 1.54) is 12.1 Å². The third kappa shape index (κ3) is 3.51. The minimum absolute atomic E-state index is 0.0524. The van der Waals surface area contributed by atoms with Crippen molar-refractivity contribution in [2.45, 2.75) is 31.1 Å². The monoisotopic (exact) mass is 313 g/mol. The fourth-order valence-corrected chi connectivity index (χ4v) is 3.79. The lowest BCUT2D eigenvalue weighted by Crippen LogP contribution is -2.30. The number of hydrogen-bond acceptors (Lipinski definition) is 5. The number of sulfonamides is 1. The maximum absolute atomic E-state index is 12.2. The summed E-state index contributed by atoms with van der Waals surface area (Å²) in [5.41, 5.74) is 5.02. The zero-order chi connectivity index (χ0) is 15.6. The predicted octanol–water partition coefficient (Wildman–Crippen LogP) is 1.89. The van der Waals surface area contributed by atoms with Crippen LogP contribution in [0.2, 0.25) is 0 Å². The molecule has 1 aliphatic rings. The molecule has 1 fully saturated rings. The number of nitro benzene ring substituents is 1. The van der Waals surface area contributed by atoms with E-state index < -0.39 is 20.6 Å². The maximum atomic E-state index is 12.2. The standard InChI is InChI=1S/C13H19N3O4S/c1-9-3-2-4-10(9)8-15-21(19,20)11-5-6-12(14)13(7-11)16(17)18/h5-7,9-10,15H,2-4,8,14H2,1H3. The molecular formula is C13H19N3O4S. The fraction of sp³-hybridized carbons (Fsp3) is 0.538. The fourth-order valence-electron chi connectivity index (χ4n) is 2.67. The highest BCUT2D eigenvalue weighted by Crippen LogP contribution is 2.31. The number of nitrogens with two attached hydrogens (primary N) is 1. The summed E-state index contributed by atoms with van der Waals surface area (Å²) in [4.78, 5) is 10.0. The smallest absolute Gasteiger partial charge is 0.293 e. The average molecular weight is 313 g/mol. The molecule has 2 atom stereocenters. The molecule has 0 bridgehead atoms. The normalized spacial score (nSPS) is 22.3. The molecule has 7 nitrogen and oxygen atoms in total. The second-order valence-corrected chi connectivity index (χ2v) is 7.26. The highest BCUT2D eigenvalue weighted by atomic mass is 32.2. The zero-order valence-corrected chi connectivity index (χ0v) is 12.6. The zero-order valence-electron chi connectivity index (χ0n) is 11.8. The lowest BCUT2D eigenvalue weighted by Gasteiger charge is -2.16. The summed E-state index contributed by atoms with van der Waals surface area (Å²) in [5.74, 6) is 0.817. The first-order valence-electron chi connectivity index (χ1n) is 6.85. The van der Waals surface area contributed by atoms with Gasteiger partial charge >= 0.3 is 0 Å². The van der Waals surface area contributed by atoms with E-state index in [2.05, 4.69) is 11.6 Å². The highest BCUT2D eigenvalue weighted by molar-refractivity contribution is 7.89. The van der Waals surface area contributed by atoms with Gasteiger partial charge in [-0.1, -0.05) is 19.8 Å². The van der Waals surface area contributed by atoms with Crippen LogP contribution in [0.4, 0.5) is 11.4 Å². The molecule has 0 saturated heterocycles. The molecule has 0 spiro atoms. The van der Waals surface area contributed by atoms with E-state index in [1.807, 2.05) is 0 Å². The summed E-state index contributed by atoms with van der Waals surface area (Å²) in [6.07, 6.45) is 3.23. The number of hydrogen-bond donors (Lipinski definition) is 2. The lowest BCUT2D eigenvalue weighted by molar-refractivity contribution is -0.384. The Hall–Kier alpha value is -1.67. The van der Waals surface area contributed by atoms with Gasteiger partial charge < -0.3 is 5.73 Å². The highest BCUT2D eigenvalue weighted by Gasteiger charge is 2.26. The van der Waals surface area contributed by atoms with Gasteiger partial charge in [-0.05, 0) is 30.4 Å². The average Bonchev–Trinajstić information content (AvgIpc) is 2.82. The van der Waals surface area contributed by atoms with E-state index in [0.717, 1.165) is 25.3 Å². The van der Waals surface area contributed by atoms with Crippen LogP contribution in [-0.4, -0.2) is 19.9 Å². The molecule has 0 amide bonds. The second kappa shape index (κ2) is 5.98. The van der Waals surface area contributed by atoms with E-state index in [1.54, 1.807) is 0 Å². The molecule has 1 aromatic rings. The summed E-state index contributed by atoms with van der Waals surface area (Å²) >= 11 is 0. The third-order valence-electron chi connectivity index (χ3n) is 4.08. The van der Waals surface area contributed by atoms with E-state index in [9.17, 15) is 18.5 Å². The quantitative estimate of drug-likeness (QED) is 0.489. The lowest BCUT2D eigenvalue weighted by atomic mass is 9.99. The van der Waals surface area contributed by atoms with E-state index in [4.69, 9.17) is 5.73 Å². The van der Waals surface area contributed by atoms with Gasteiger partial charge in [0.2, 0.25) is 10.0 Å². The van der Waals surface area contributed by atoms with Crippen molar-refractivity contribution in [3.05, 3.63) is 28.3 Å². The van der Waals surface area contributed by atoms with Crippen molar-refractivity contribution in [2.75, 3.05) is 12.3 Å². The van der Waals surface area contributed by atoms with E-state index >= 15 is 0 Å². The Labute approximate surface area is 123 Å². The number of rotatable bonds is 5. The Morgan fingerprint density at radius 1 is 1.43 bits per heavy atom. The van der Waals surface area contributed by atoms with Crippen molar-refractivity contribution in [2.24, 2.45) is 11.8 Å². The Bertz CT molecular complexity index is 645. The molecule has 21 heavy (non-hydrogen) atoms. The molecule has 2 unspecified atom stereocenters. The Morgan fingerprint density at radius 3 is 2.71 bits per heavy atom. The van der Waals surface area contributed by atoms with Gasteiger partial charge in [-0.2, -0.15) is 0 Å². The molecule has 1 saturated carbocycles. The largest absolute Gasteiger partial charge is 0.393 e. The van der Waals surface area contributed by atoms with Gasteiger partial charge in [0.05, 0.1) is 9.82 Å². The van der Waals surface area contributed by atoms with Gasteiger partial charge in [0, 0.05) is 12.6 Å². The Kier molecular flexibility index (Phi) is 4.48. The Balaban J connectivity index is 2.15. The molecule has 0 aromatic heterocycles. The first-order valence-corrected chi connectivity index (χ1v) is 8.33. The van der Waals surface area contributed by atoms with Crippen LogP contribution in [0.1, 0.15) is 26.2 Å². The van der Waals surface area contributed by atoms with Crippen LogP contribution in [0.5, 0.6) is 0 Å². The van der Waals surface area contributed by atoms with Crippen molar-refractivity contribution in [1.29, 1.82) is 0 Å². The maximum Gasteiger partial charge on any atom is 0.293 e. The SMILES string of the molecule is CC1CCCC1CNS(=O)(=O)c1ccc(N)c([N+](=O)[O-])c1. The summed E-state index contributed by atoms with van der Waals surface area (Å²) in [7, 11) is -3.75. The molecule has 0 heterocycles. The van der Waals surface area contributed by atoms with Crippen molar-refractivity contribution < 1.29 is 13.3 Å². The van der Waals surface area contributed by atoms with Gasteiger partial charge in [0.1, 0.15) is 5.69 Å². The summed E-state index contributed by atoms with van der Waals surface area (Å²) in [5, 5.41) is 10.8. The molecule has 1 aliphatic carbocycles. The van der Waals surface area contributed by atoms with Gasteiger partial charge in [0.25, 0.3) is 5.69 Å². The molecule has 0 radical (unpaired) electrons. The molecule has 8 heteroatoms. The predicted molar refractivity (Wildman–Crippen MR) is 79.2 cm³/mol. The number of nitrogen functional groups attached to an aromatic ring is 1. The first kappa shape index (κ1) is 15.7. The van der Waals surface area contributed by atoms with Crippen molar-refractivity contribution >= 4 is 21.4 Å². The van der Waals surface area contributed by atoms with Crippen LogP contribution in [0.25, 0.3) is 0 Å². The molecule has 3 N–H and O–H groups in total. The van der Waals surface area contributed by atoms with Crippen LogP contribution in [0, 0.1) is 22.0 Å². The van der Waals surface area contributed by atoms with Gasteiger partial charge in [-0.25, -0.2) is 13.1 Å². The van der Waals surface area contributed by atoms with Crippen LogP contribution < -0.4 is 10.5 Å². The topological polar surface area (TPSA) is 115 Å². The molecular weight excluding hydrogens is 294 g/mol. The number of nitrogens with one attached hydrogen (secondary N) is 1. The molecule has 1 aromatic carbocycles. The van der Waals surface area contributed by atoms with Crippen LogP contribution in [0.15, 0.2) is 23.1 Å². The van der Waals surface area contributed by atoms with Crippen molar-refractivity contribution in [1.82, 2.24) is 4.72 Å². The summed E-state index contributed by atoms with van der Waals surface area (Å²) in [6.45, 7) is 2.47. The third-order valence-corrected chi connectivity index (χ3v) is 5.50. The molecule has 2 rings (SSSR count). The van der Waals surface area contributed by atoms with Crippen molar-refractivity contribution in [3.63, 3.8) is 0 Å². The number of anilines is 1. The minimum atomic E-state index is -3.75. The minimum Gasteiger partial charge on any atom is -0.393 e. The van der Waals surface area contributed by atoms with Crippen LogP contribution >= 0.6 is 0 Å². The van der Waals surface area contributed by atoms with Crippen LogP contribution in [-0.2, 0) is 10.0 Å². The molecule has 0 aliphatic heterocycles. The first-order chi connectivity index (χ1) is 9.81. The second-order valence-electron chi connectivity index (χ2n) is 5.50.